The zero-order valence-electron chi connectivity index (χ0n) is 12.3. The average Bonchev–Trinajstić information content (AvgIpc) is 2.46. The first-order valence-electron chi connectivity index (χ1n) is 7.26. The van der Waals surface area contributed by atoms with Crippen LogP contribution in [0.15, 0.2) is 12.2 Å². The van der Waals surface area contributed by atoms with Crippen molar-refractivity contribution in [2.45, 2.75) is 32.3 Å². The number of hydrogen-bond acceptors (Lipinski definition) is 4. The van der Waals surface area contributed by atoms with E-state index < -0.39 is 23.4 Å². The van der Waals surface area contributed by atoms with Crippen molar-refractivity contribution >= 4 is 11.9 Å². The van der Waals surface area contributed by atoms with Crippen molar-refractivity contribution in [1.29, 1.82) is 0 Å². The summed E-state index contributed by atoms with van der Waals surface area (Å²) >= 11 is 0. The highest BCUT2D eigenvalue weighted by atomic mass is 16.5. The number of allylic oxidation sites excluding steroid dienone is 1. The Kier molecular flexibility index (Phi) is 4.18. The number of esters is 1. The zero-order valence-corrected chi connectivity index (χ0v) is 12.3. The number of methoxy groups -OCH3 is 1. The van der Waals surface area contributed by atoms with Gasteiger partial charge in [-0.1, -0.05) is 12.2 Å². The molecule has 20 heavy (non-hydrogen) atoms. The number of ether oxygens (including phenoxy) is 1. The van der Waals surface area contributed by atoms with Crippen molar-refractivity contribution in [3.8, 4) is 0 Å². The van der Waals surface area contributed by atoms with Crippen molar-refractivity contribution in [2.75, 3.05) is 20.2 Å². The maximum atomic E-state index is 12.7. The van der Waals surface area contributed by atoms with Gasteiger partial charge in [-0.15, -0.1) is 0 Å². The molecule has 1 N–H and O–H groups in total. The van der Waals surface area contributed by atoms with E-state index in [2.05, 4.69) is 0 Å². The third kappa shape index (κ3) is 2.24. The molecule has 3 rings (SSSR count). The molecule has 0 aliphatic heterocycles. The lowest BCUT2D eigenvalue weighted by molar-refractivity contribution is -0.170. The number of aliphatic hydroxyl groups is 1. The minimum Gasteiger partial charge on any atom is -0.469 e. The van der Waals surface area contributed by atoms with Crippen LogP contribution in [0.3, 0.4) is 0 Å². The molecule has 112 valence electrons. The van der Waals surface area contributed by atoms with Crippen LogP contribution >= 0.6 is 0 Å². The molecule has 0 aromatic carbocycles. The first-order chi connectivity index (χ1) is 9.48. The Balaban J connectivity index is 2.38. The Morgan fingerprint density at radius 2 is 2.05 bits per heavy atom. The minimum atomic E-state index is -1.21. The van der Waals surface area contributed by atoms with Crippen LogP contribution in [-0.4, -0.2) is 47.7 Å². The Morgan fingerprint density at radius 1 is 1.40 bits per heavy atom. The van der Waals surface area contributed by atoms with Crippen molar-refractivity contribution in [2.24, 2.45) is 17.8 Å². The van der Waals surface area contributed by atoms with Gasteiger partial charge >= 0.3 is 5.97 Å². The number of nitrogens with zero attached hydrogens (tertiary/aromatic N) is 1. The van der Waals surface area contributed by atoms with E-state index in [1.807, 2.05) is 19.9 Å². The van der Waals surface area contributed by atoms with Crippen LogP contribution in [0.5, 0.6) is 0 Å². The molecule has 0 aromatic rings. The number of rotatable bonds is 4. The molecule has 2 bridgehead atoms. The lowest BCUT2D eigenvalue weighted by Crippen LogP contribution is -2.59. The van der Waals surface area contributed by atoms with Gasteiger partial charge in [0.1, 0.15) is 0 Å². The summed E-state index contributed by atoms with van der Waals surface area (Å²) in [5.41, 5.74) is -1.21. The smallest absolute Gasteiger partial charge is 0.310 e. The lowest BCUT2D eigenvalue weighted by Gasteiger charge is -2.48. The fraction of sp³-hybridized carbons (Fsp3) is 0.733. The normalized spacial score (nSPS) is 34.9. The number of amides is 1. The molecule has 0 radical (unpaired) electrons. The summed E-state index contributed by atoms with van der Waals surface area (Å²) in [7, 11) is 1.33. The van der Waals surface area contributed by atoms with Crippen LogP contribution in [0.1, 0.15) is 26.7 Å². The van der Waals surface area contributed by atoms with Crippen molar-refractivity contribution in [3.63, 3.8) is 0 Å². The summed E-state index contributed by atoms with van der Waals surface area (Å²) in [6.45, 7) is 4.94. The molecule has 0 unspecified atom stereocenters. The third-order valence-electron chi connectivity index (χ3n) is 4.68. The van der Waals surface area contributed by atoms with Gasteiger partial charge < -0.3 is 14.7 Å². The monoisotopic (exact) mass is 281 g/mol. The maximum absolute atomic E-state index is 12.7. The Labute approximate surface area is 119 Å². The fourth-order valence-corrected chi connectivity index (χ4v) is 3.53. The lowest BCUT2D eigenvalue weighted by atomic mass is 9.59. The predicted octanol–water partition coefficient (Wildman–Crippen LogP) is 0.971. The first-order valence-corrected chi connectivity index (χ1v) is 7.26. The second-order valence-electron chi connectivity index (χ2n) is 5.59. The van der Waals surface area contributed by atoms with E-state index in [1.165, 1.54) is 7.11 Å². The third-order valence-corrected chi connectivity index (χ3v) is 4.68. The summed E-state index contributed by atoms with van der Waals surface area (Å²) in [4.78, 5) is 26.5. The van der Waals surface area contributed by atoms with Crippen LogP contribution in [0.25, 0.3) is 0 Å². The van der Waals surface area contributed by atoms with Crippen LogP contribution in [-0.2, 0) is 14.3 Å². The molecular weight excluding hydrogens is 258 g/mol. The van der Waals surface area contributed by atoms with E-state index in [0.717, 1.165) is 6.42 Å². The summed E-state index contributed by atoms with van der Waals surface area (Å²) in [5, 5.41) is 10.8. The van der Waals surface area contributed by atoms with Crippen LogP contribution in [0, 0.1) is 17.8 Å². The second-order valence-corrected chi connectivity index (χ2v) is 5.59. The molecule has 0 saturated heterocycles. The van der Waals surface area contributed by atoms with E-state index in [9.17, 15) is 14.7 Å². The topological polar surface area (TPSA) is 66.8 Å². The molecule has 0 heterocycles. The van der Waals surface area contributed by atoms with Crippen molar-refractivity contribution in [1.82, 2.24) is 4.90 Å². The molecule has 1 saturated carbocycles. The average molecular weight is 281 g/mol. The van der Waals surface area contributed by atoms with E-state index in [-0.39, 0.29) is 11.8 Å². The molecule has 0 spiro atoms. The molecule has 1 amide bonds. The Hall–Kier alpha value is -1.36. The van der Waals surface area contributed by atoms with Gasteiger partial charge in [-0.25, -0.2) is 0 Å². The largest absolute Gasteiger partial charge is 0.469 e. The standard InChI is InChI=1S/C15H23NO4/c1-4-16(5-2)13(17)12-11(14(18)20-3)10-6-8-15(12,19)9-7-10/h6,8,10-12,19H,4-5,7,9H2,1-3H3/t10-,11+,12+,15-/m1/s1. The summed E-state index contributed by atoms with van der Waals surface area (Å²) in [6.07, 6.45) is 4.80. The number of carbonyl (C=O) groups is 2. The minimum absolute atomic E-state index is 0.0130. The second kappa shape index (κ2) is 5.56. The van der Waals surface area contributed by atoms with Gasteiger partial charge in [0, 0.05) is 13.1 Å². The fourth-order valence-electron chi connectivity index (χ4n) is 3.53. The van der Waals surface area contributed by atoms with E-state index >= 15 is 0 Å². The van der Waals surface area contributed by atoms with Crippen LogP contribution in [0.4, 0.5) is 0 Å². The van der Waals surface area contributed by atoms with Gasteiger partial charge in [-0.2, -0.15) is 0 Å². The van der Waals surface area contributed by atoms with Crippen molar-refractivity contribution < 1.29 is 19.4 Å². The molecule has 1 fully saturated rings. The van der Waals surface area contributed by atoms with Gasteiger partial charge in [0.05, 0.1) is 24.5 Å². The predicted molar refractivity (Wildman–Crippen MR) is 73.7 cm³/mol. The first kappa shape index (κ1) is 15.0. The summed E-state index contributed by atoms with van der Waals surface area (Å²) in [5.74, 6) is -1.86. The van der Waals surface area contributed by atoms with Gasteiger partial charge in [0.15, 0.2) is 0 Å². The van der Waals surface area contributed by atoms with Gasteiger partial charge in [-0.3, -0.25) is 9.59 Å². The van der Waals surface area contributed by atoms with Crippen LogP contribution < -0.4 is 0 Å². The molecule has 3 aliphatic carbocycles. The molecule has 3 aliphatic rings. The molecule has 5 nitrogen and oxygen atoms in total. The SMILES string of the molecule is CCN(CC)C(=O)[C@@H]1[C@@H](C(=O)OC)[C@@H]2C=C[C@@]1(O)CC2. The van der Waals surface area contributed by atoms with Crippen molar-refractivity contribution in [3.05, 3.63) is 12.2 Å². The molecule has 0 aromatic heterocycles. The highest BCUT2D eigenvalue weighted by Gasteiger charge is 2.56. The molecule has 4 atom stereocenters. The van der Waals surface area contributed by atoms with E-state index in [4.69, 9.17) is 4.74 Å². The van der Waals surface area contributed by atoms with Crippen LogP contribution in [0.2, 0.25) is 0 Å². The van der Waals surface area contributed by atoms with Gasteiger partial charge in [0.2, 0.25) is 5.91 Å². The number of hydrogen-bond donors (Lipinski definition) is 1. The summed E-state index contributed by atoms with van der Waals surface area (Å²) in [6, 6.07) is 0. The zero-order chi connectivity index (χ0) is 14.9. The Morgan fingerprint density at radius 3 is 2.50 bits per heavy atom. The maximum Gasteiger partial charge on any atom is 0.310 e. The van der Waals surface area contributed by atoms with E-state index in [1.54, 1.807) is 11.0 Å². The van der Waals surface area contributed by atoms with Gasteiger partial charge in [0.25, 0.3) is 0 Å². The highest BCUT2D eigenvalue weighted by molar-refractivity contribution is 5.88. The van der Waals surface area contributed by atoms with Gasteiger partial charge in [-0.05, 0) is 32.6 Å². The highest BCUT2D eigenvalue weighted by Crippen LogP contribution is 2.48. The Bertz CT molecular complexity index is 430. The molecule has 5 heteroatoms. The number of fused-ring (bicyclic) bond motifs is 2. The number of carbonyl (C=O) groups excluding carboxylic acids is 2. The summed E-state index contributed by atoms with van der Waals surface area (Å²) < 4.78 is 4.86. The quantitative estimate of drug-likeness (QED) is 0.616. The molecular formula is C15H23NO4. The van der Waals surface area contributed by atoms with E-state index in [0.29, 0.717) is 19.5 Å².